The number of carbonyl (C=O) groups is 2. The van der Waals surface area contributed by atoms with E-state index in [1.54, 1.807) is 12.1 Å². The van der Waals surface area contributed by atoms with Crippen LogP contribution in [0.1, 0.15) is 16.8 Å². The topological polar surface area (TPSA) is 92.8 Å². The average molecular weight is 424 g/mol. The lowest BCUT2D eigenvalue weighted by Crippen LogP contribution is -2.35. The van der Waals surface area contributed by atoms with E-state index in [9.17, 15) is 18.0 Å². The van der Waals surface area contributed by atoms with Gasteiger partial charge in [0.1, 0.15) is 17.3 Å². The van der Waals surface area contributed by atoms with Crippen LogP contribution in [0.3, 0.4) is 0 Å². The van der Waals surface area contributed by atoms with Crippen molar-refractivity contribution in [2.24, 2.45) is 0 Å². The van der Waals surface area contributed by atoms with Crippen LogP contribution in [-0.2, 0) is 14.8 Å². The Morgan fingerprint density at radius 1 is 0.967 bits per heavy atom. The van der Waals surface area contributed by atoms with Gasteiger partial charge in [0.05, 0.1) is 12.1 Å². The van der Waals surface area contributed by atoms with Crippen molar-refractivity contribution in [3.8, 4) is 5.75 Å². The minimum Gasteiger partial charge on any atom is -0.491 e. The van der Waals surface area contributed by atoms with E-state index in [0.29, 0.717) is 0 Å². The SMILES string of the molecule is O=C(CCN1C(=O)c2ccccc2S1(=O)=O)NCCOc1cccc2ccccc12. The molecule has 0 saturated carbocycles. The molecule has 3 aromatic rings. The summed E-state index contributed by atoms with van der Waals surface area (Å²) in [7, 11) is -3.89. The highest BCUT2D eigenvalue weighted by atomic mass is 32.2. The highest BCUT2D eigenvalue weighted by Crippen LogP contribution is 2.29. The summed E-state index contributed by atoms with van der Waals surface area (Å²) >= 11 is 0. The third-order valence-corrected chi connectivity index (χ3v) is 6.73. The van der Waals surface area contributed by atoms with Crippen LogP contribution in [-0.4, -0.2) is 44.2 Å². The van der Waals surface area contributed by atoms with Gasteiger partial charge in [-0.3, -0.25) is 9.59 Å². The van der Waals surface area contributed by atoms with Crippen molar-refractivity contribution in [3.05, 3.63) is 72.3 Å². The molecule has 8 heteroatoms. The molecule has 4 rings (SSSR count). The number of hydrogen-bond donors (Lipinski definition) is 1. The van der Waals surface area contributed by atoms with Gasteiger partial charge in [0, 0.05) is 18.4 Å². The van der Waals surface area contributed by atoms with Crippen molar-refractivity contribution in [1.82, 2.24) is 9.62 Å². The molecule has 154 valence electrons. The fraction of sp³-hybridized carbons (Fsp3) is 0.182. The molecule has 0 aliphatic carbocycles. The first-order valence-electron chi connectivity index (χ1n) is 9.52. The molecule has 0 atom stereocenters. The van der Waals surface area contributed by atoms with Crippen molar-refractivity contribution < 1.29 is 22.7 Å². The van der Waals surface area contributed by atoms with E-state index in [1.165, 1.54) is 12.1 Å². The fourth-order valence-electron chi connectivity index (χ4n) is 3.42. The number of hydrogen-bond acceptors (Lipinski definition) is 5. The fourth-order valence-corrected chi connectivity index (χ4v) is 4.99. The molecule has 30 heavy (non-hydrogen) atoms. The van der Waals surface area contributed by atoms with Crippen LogP contribution in [0.5, 0.6) is 5.75 Å². The molecule has 3 aromatic carbocycles. The van der Waals surface area contributed by atoms with Gasteiger partial charge in [-0.05, 0) is 23.6 Å². The Hall–Kier alpha value is -3.39. The lowest BCUT2D eigenvalue weighted by atomic mass is 10.1. The van der Waals surface area contributed by atoms with Crippen LogP contribution in [0.2, 0.25) is 0 Å². The van der Waals surface area contributed by atoms with E-state index in [4.69, 9.17) is 4.74 Å². The lowest BCUT2D eigenvalue weighted by Gasteiger charge is -2.15. The van der Waals surface area contributed by atoms with E-state index in [1.807, 2.05) is 42.5 Å². The van der Waals surface area contributed by atoms with Crippen LogP contribution in [0.4, 0.5) is 0 Å². The average Bonchev–Trinajstić information content (AvgIpc) is 2.95. The predicted octanol–water partition coefficient (Wildman–Crippen LogP) is 2.57. The Kier molecular flexibility index (Phi) is 5.41. The van der Waals surface area contributed by atoms with Crippen LogP contribution < -0.4 is 10.1 Å². The standard InChI is InChI=1S/C22H20N2O5S/c25-21(12-14-24-22(26)18-9-3-4-11-20(18)30(24,27)28)23-13-15-29-19-10-5-7-16-6-1-2-8-17(16)19/h1-11H,12-15H2,(H,23,25). The summed E-state index contributed by atoms with van der Waals surface area (Å²) in [6.07, 6.45) is -0.118. The zero-order valence-electron chi connectivity index (χ0n) is 16.1. The number of benzene rings is 3. The normalized spacial score (nSPS) is 14.5. The first-order chi connectivity index (χ1) is 14.5. The van der Waals surface area contributed by atoms with E-state index >= 15 is 0 Å². The largest absolute Gasteiger partial charge is 0.491 e. The maximum absolute atomic E-state index is 12.5. The summed E-state index contributed by atoms with van der Waals surface area (Å²) in [5.41, 5.74) is 0.140. The molecular formula is C22H20N2O5S. The summed E-state index contributed by atoms with van der Waals surface area (Å²) in [6.45, 7) is 0.334. The summed E-state index contributed by atoms with van der Waals surface area (Å²) in [5, 5.41) is 4.75. The van der Waals surface area contributed by atoms with Crippen LogP contribution in [0, 0.1) is 0 Å². The molecule has 0 bridgehead atoms. The maximum Gasteiger partial charge on any atom is 0.269 e. The number of amides is 2. The zero-order chi connectivity index (χ0) is 21.1. The minimum absolute atomic E-state index is 0.0149. The molecular weight excluding hydrogens is 404 g/mol. The van der Waals surface area contributed by atoms with Gasteiger partial charge in [-0.2, -0.15) is 0 Å². The van der Waals surface area contributed by atoms with Crippen molar-refractivity contribution in [2.45, 2.75) is 11.3 Å². The second kappa shape index (κ2) is 8.16. The number of fused-ring (bicyclic) bond motifs is 2. The molecule has 1 aliphatic heterocycles. The van der Waals surface area contributed by atoms with E-state index in [-0.39, 0.29) is 42.5 Å². The zero-order valence-corrected chi connectivity index (χ0v) is 16.9. The second-order valence-electron chi connectivity index (χ2n) is 6.80. The van der Waals surface area contributed by atoms with E-state index in [2.05, 4.69) is 5.32 Å². The number of sulfonamides is 1. The summed E-state index contributed by atoms with van der Waals surface area (Å²) < 4.78 is 31.5. The van der Waals surface area contributed by atoms with Gasteiger partial charge < -0.3 is 10.1 Å². The Morgan fingerprint density at radius 2 is 1.70 bits per heavy atom. The Bertz CT molecular complexity index is 1220. The first kappa shape index (κ1) is 19.9. The molecule has 7 nitrogen and oxygen atoms in total. The van der Waals surface area contributed by atoms with Gasteiger partial charge in [0.15, 0.2) is 0 Å². The quantitative estimate of drug-likeness (QED) is 0.589. The van der Waals surface area contributed by atoms with Gasteiger partial charge in [-0.25, -0.2) is 12.7 Å². The van der Waals surface area contributed by atoms with Crippen molar-refractivity contribution in [2.75, 3.05) is 19.7 Å². The molecule has 0 spiro atoms. The van der Waals surface area contributed by atoms with Crippen LogP contribution in [0.15, 0.2) is 71.6 Å². The molecule has 0 radical (unpaired) electrons. The smallest absolute Gasteiger partial charge is 0.269 e. The number of rotatable bonds is 7. The Balaban J connectivity index is 1.27. The summed E-state index contributed by atoms with van der Waals surface area (Å²) in [6, 6.07) is 19.7. The number of nitrogens with one attached hydrogen (secondary N) is 1. The van der Waals surface area contributed by atoms with Crippen molar-refractivity contribution in [3.63, 3.8) is 0 Å². The summed E-state index contributed by atoms with van der Waals surface area (Å²) in [4.78, 5) is 24.4. The maximum atomic E-state index is 12.5. The van der Waals surface area contributed by atoms with Crippen molar-refractivity contribution in [1.29, 1.82) is 0 Å². The molecule has 1 aliphatic rings. The third kappa shape index (κ3) is 3.73. The van der Waals surface area contributed by atoms with Gasteiger partial charge in [-0.15, -0.1) is 0 Å². The van der Waals surface area contributed by atoms with Gasteiger partial charge in [-0.1, -0.05) is 48.5 Å². The Labute approximate surface area is 174 Å². The molecule has 1 N–H and O–H groups in total. The Morgan fingerprint density at radius 3 is 2.53 bits per heavy atom. The number of carbonyl (C=O) groups excluding carboxylic acids is 2. The third-order valence-electron chi connectivity index (χ3n) is 4.89. The molecule has 0 aromatic heterocycles. The van der Waals surface area contributed by atoms with E-state index < -0.39 is 15.9 Å². The lowest BCUT2D eigenvalue weighted by molar-refractivity contribution is -0.121. The van der Waals surface area contributed by atoms with Gasteiger partial charge in [0.2, 0.25) is 5.91 Å². The molecule has 0 fully saturated rings. The highest BCUT2D eigenvalue weighted by Gasteiger charge is 2.40. The second-order valence-corrected chi connectivity index (χ2v) is 8.63. The number of ether oxygens (including phenoxy) is 1. The van der Waals surface area contributed by atoms with Gasteiger partial charge in [0.25, 0.3) is 15.9 Å². The van der Waals surface area contributed by atoms with E-state index in [0.717, 1.165) is 20.8 Å². The predicted molar refractivity (Wildman–Crippen MR) is 112 cm³/mol. The molecule has 0 unspecified atom stereocenters. The molecule has 1 heterocycles. The molecule has 0 saturated heterocycles. The number of nitrogens with zero attached hydrogens (tertiary/aromatic N) is 1. The first-order valence-corrected chi connectivity index (χ1v) is 11.0. The molecule has 2 amide bonds. The van der Waals surface area contributed by atoms with Crippen LogP contribution in [0.25, 0.3) is 10.8 Å². The van der Waals surface area contributed by atoms with Crippen molar-refractivity contribution >= 4 is 32.6 Å². The minimum atomic E-state index is -3.89. The summed E-state index contributed by atoms with van der Waals surface area (Å²) in [5.74, 6) is -0.220. The highest BCUT2D eigenvalue weighted by molar-refractivity contribution is 7.90. The monoisotopic (exact) mass is 424 g/mol. The van der Waals surface area contributed by atoms with Crippen LogP contribution >= 0.6 is 0 Å². The van der Waals surface area contributed by atoms with Gasteiger partial charge >= 0.3 is 0 Å².